The Morgan fingerprint density at radius 2 is 1.70 bits per heavy atom. The number of phosphoric acid groups is 1. The van der Waals surface area contributed by atoms with Crippen LogP contribution in [0.4, 0.5) is 0 Å². The predicted molar refractivity (Wildman–Crippen MR) is 88.7 cm³/mol. The summed E-state index contributed by atoms with van der Waals surface area (Å²) in [6.45, 7) is 14.9. The van der Waals surface area contributed by atoms with Crippen LogP contribution < -0.4 is 0 Å². The Morgan fingerprint density at radius 3 is 2.09 bits per heavy atom. The number of hydrogen-bond donors (Lipinski definition) is 2. The van der Waals surface area contributed by atoms with Crippen molar-refractivity contribution in [3.05, 3.63) is 12.2 Å². The van der Waals surface area contributed by atoms with Crippen LogP contribution in [0, 0.1) is 0 Å². The van der Waals surface area contributed by atoms with Gasteiger partial charge < -0.3 is 19.0 Å². The van der Waals surface area contributed by atoms with Crippen molar-refractivity contribution in [3.8, 4) is 0 Å². The van der Waals surface area contributed by atoms with Gasteiger partial charge in [0.25, 0.3) is 0 Å². The molecule has 7 nitrogen and oxygen atoms in total. The maximum absolute atomic E-state index is 11.3. The van der Waals surface area contributed by atoms with Gasteiger partial charge in [0.2, 0.25) is 0 Å². The van der Waals surface area contributed by atoms with Crippen LogP contribution in [0.25, 0.3) is 0 Å². The Balaban J connectivity index is 4.66. The molecule has 0 aromatic rings. The topological polar surface area (TPSA) is 93.1 Å². The predicted octanol–water partition coefficient (Wildman–Crippen LogP) is 2.24. The van der Waals surface area contributed by atoms with Gasteiger partial charge in [0.1, 0.15) is 0 Å². The zero-order chi connectivity index (χ0) is 18.1. The Hall–Kier alpha value is -0.720. The standard InChI is InChI=1S/C15H30NO6P/c1-6-16(7-2,8-3)11-9-14(22-23(18,19)20)10-12-21-15(17)13(4)5/h14H,4,6-12H2,1-3,5H3,(H-,18,19,20)/p+1. The molecule has 0 heterocycles. The fourth-order valence-electron chi connectivity index (χ4n) is 2.41. The van der Waals surface area contributed by atoms with Crippen LogP contribution in [0.2, 0.25) is 0 Å². The number of nitrogens with zero attached hydrogens (tertiary/aromatic N) is 1. The van der Waals surface area contributed by atoms with E-state index in [0.29, 0.717) is 6.42 Å². The molecule has 0 bridgehead atoms. The molecule has 23 heavy (non-hydrogen) atoms. The first-order valence-electron chi connectivity index (χ1n) is 8.00. The van der Waals surface area contributed by atoms with E-state index in [1.54, 1.807) is 6.92 Å². The second-order valence-corrected chi connectivity index (χ2v) is 6.92. The Labute approximate surface area is 139 Å². The van der Waals surface area contributed by atoms with E-state index < -0.39 is 19.9 Å². The molecular formula is C15H31NO6P+. The van der Waals surface area contributed by atoms with Crippen LogP contribution in [-0.2, 0) is 18.6 Å². The normalized spacial score (nSPS) is 13.7. The lowest BCUT2D eigenvalue weighted by Crippen LogP contribution is -2.49. The van der Waals surface area contributed by atoms with E-state index in [-0.39, 0.29) is 18.6 Å². The van der Waals surface area contributed by atoms with Gasteiger partial charge in [0.15, 0.2) is 0 Å². The third-order valence-corrected chi connectivity index (χ3v) is 4.82. The summed E-state index contributed by atoms with van der Waals surface area (Å²) < 4.78 is 21.8. The van der Waals surface area contributed by atoms with Gasteiger partial charge in [0.05, 0.1) is 38.9 Å². The van der Waals surface area contributed by atoms with Crippen LogP contribution in [0.3, 0.4) is 0 Å². The molecule has 0 aliphatic carbocycles. The van der Waals surface area contributed by atoms with Gasteiger partial charge in [-0.3, -0.25) is 4.52 Å². The number of esters is 1. The number of hydrogen-bond acceptors (Lipinski definition) is 4. The first kappa shape index (κ1) is 22.3. The maximum Gasteiger partial charge on any atom is 0.469 e. The van der Waals surface area contributed by atoms with Gasteiger partial charge in [-0.1, -0.05) is 6.58 Å². The Morgan fingerprint density at radius 1 is 1.17 bits per heavy atom. The zero-order valence-electron chi connectivity index (χ0n) is 14.7. The minimum Gasteiger partial charge on any atom is -0.462 e. The van der Waals surface area contributed by atoms with Crippen LogP contribution in [0.15, 0.2) is 12.2 Å². The molecule has 0 saturated carbocycles. The molecule has 0 aliphatic rings. The fourth-order valence-corrected chi connectivity index (χ4v) is 3.01. The third kappa shape index (κ3) is 9.23. The average molecular weight is 352 g/mol. The largest absolute Gasteiger partial charge is 0.469 e. The van der Waals surface area contributed by atoms with E-state index in [4.69, 9.17) is 19.0 Å². The molecule has 8 heteroatoms. The lowest BCUT2D eigenvalue weighted by molar-refractivity contribution is -0.923. The van der Waals surface area contributed by atoms with E-state index in [2.05, 4.69) is 27.4 Å². The highest BCUT2D eigenvalue weighted by molar-refractivity contribution is 7.46. The number of carbonyl (C=O) groups is 1. The van der Waals surface area contributed by atoms with Gasteiger partial charge in [-0.15, -0.1) is 0 Å². The van der Waals surface area contributed by atoms with Crippen LogP contribution in [0.5, 0.6) is 0 Å². The summed E-state index contributed by atoms with van der Waals surface area (Å²) in [5, 5.41) is 0. The Kier molecular flexibility index (Phi) is 9.89. The van der Waals surface area contributed by atoms with Crippen molar-refractivity contribution in [1.82, 2.24) is 0 Å². The number of ether oxygens (including phenoxy) is 1. The SMILES string of the molecule is C=C(C)C(=O)OCCC(CC[N+](CC)(CC)CC)OP(=O)(O)O. The summed E-state index contributed by atoms with van der Waals surface area (Å²) >= 11 is 0. The summed E-state index contributed by atoms with van der Waals surface area (Å²) in [6.07, 6.45) is 0.0721. The average Bonchev–Trinajstić information content (AvgIpc) is 2.47. The zero-order valence-corrected chi connectivity index (χ0v) is 15.6. The molecule has 0 radical (unpaired) electrons. The first-order chi connectivity index (χ1) is 10.6. The summed E-state index contributed by atoms with van der Waals surface area (Å²) in [5.41, 5.74) is 0.288. The van der Waals surface area contributed by atoms with Crippen molar-refractivity contribution in [1.29, 1.82) is 0 Å². The van der Waals surface area contributed by atoms with Crippen molar-refractivity contribution in [3.63, 3.8) is 0 Å². The quantitative estimate of drug-likeness (QED) is 0.242. The monoisotopic (exact) mass is 352 g/mol. The fraction of sp³-hybridized carbons (Fsp3) is 0.800. The van der Waals surface area contributed by atoms with Crippen LogP contribution in [0.1, 0.15) is 40.5 Å². The van der Waals surface area contributed by atoms with Gasteiger partial charge in [-0.05, 0) is 27.7 Å². The number of quaternary nitrogens is 1. The second kappa shape index (κ2) is 10.2. The number of phosphoric ester groups is 1. The molecule has 1 atom stereocenters. The van der Waals surface area contributed by atoms with Crippen molar-refractivity contribution in [2.75, 3.05) is 32.8 Å². The number of rotatable bonds is 12. The van der Waals surface area contributed by atoms with E-state index in [1.165, 1.54) is 0 Å². The molecule has 0 aromatic carbocycles. The molecule has 2 N–H and O–H groups in total. The highest BCUT2D eigenvalue weighted by Crippen LogP contribution is 2.39. The van der Waals surface area contributed by atoms with Crippen molar-refractivity contribution >= 4 is 13.8 Å². The molecule has 0 aromatic heterocycles. The lowest BCUT2D eigenvalue weighted by atomic mass is 10.1. The lowest BCUT2D eigenvalue weighted by Gasteiger charge is -2.36. The Bertz CT molecular complexity index is 421. The summed E-state index contributed by atoms with van der Waals surface area (Å²) in [7, 11) is -4.58. The highest BCUT2D eigenvalue weighted by atomic mass is 31.2. The van der Waals surface area contributed by atoms with Gasteiger partial charge >= 0.3 is 13.8 Å². The molecule has 0 rings (SSSR count). The minimum atomic E-state index is -4.58. The highest BCUT2D eigenvalue weighted by Gasteiger charge is 2.27. The smallest absolute Gasteiger partial charge is 0.462 e. The van der Waals surface area contributed by atoms with Gasteiger partial charge in [-0.2, -0.15) is 0 Å². The summed E-state index contributed by atoms with van der Waals surface area (Å²) in [4.78, 5) is 29.4. The maximum atomic E-state index is 11.3. The van der Waals surface area contributed by atoms with E-state index in [9.17, 15) is 9.36 Å². The molecule has 0 spiro atoms. The molecular weight excluding hydrogens is 321 g/mol. The summed E-state index contributed by atoms with van der Waals surface area (Å²) in [5.74, 6) is -0.513. The minimum absolute atomic E-state index is 0.0424. The summed E-state index contributed by atoms with van der Waals surface area (Å²) in [6, 6.07) is 0. The second-order valence-electron chi connectivity index (χ2n) is 5.73. The molecule has 0 amide bonds. The van der Waals surface area contributed by atoms with Crippen molar-refractivity contribution < 1.29 is 32.9 Å². The van der Waals surface area contributed by atoms with Gasteiger partial charge in [0, 0.05) is 18.4 Å². The molecule has 0 aliphatic heterocycles. The molecule has 0 saturated heterocycles. The van der Waals surface area contributed by atoms with Crippen LogP contribution in [-0.4, -0.2) is 59.1 Å². The van der Waals surface area contributed by atoms with Crippen LogP contribution >= 0.6 is 7.82 Å². The third-order valence-electron chi connectivity index (χ3n) is 4.25. The van der Waals surface area contributed by atoms with Crippen molar-refractivity contribution in [2.45, 2.75) is 46.6 Å². The van der Waals surface area contributed by atoms with Crippen molar-refractivity contribution in [2.24, 2.45) is 0 Å². The number of carbonyl (C=O) groups excluding carboxylic acids is 1. The molecule has 0 fully saturated rings. The first-order valence-corrected chi connectivity index (χ1v) is 9.53. The van der Waals surface area contributed by atoms with Gasteiger partial charge in [-0.25, -0.2) is 9.36 Å². The van der Waals surface area contributed by atoms with E-state index in [1.807, 2.05) is 0 Å². The molecule has 136 valence electrons. The van der Waals surface area contributed by atoms with E-state index >= 15 is 0 Å². The van der Waals surface area contributed by atoms with E-state index in [0.717, 1.165) is 30.7 Å². The molecule has 1 unspecified atom stereocenters.